The predicted molar refractivity (Wildman–Crippen MR) is 169 cm³/mol. The molecule has 43 heavy (non-hydrogen) atoms. The second-order valence-electron chi connectivity index (χ2n) is 13.2. The maximum absolute atomic E-state index is 13.6. The van der Waals surface area contributed by atoms with Crippen LogP contribution in [-0.4, -0.2) is 96.1 Å². The zero-order chi connectivity index (χ0) is 31.0. The summed E-state index contributed by atoms with van der Waals surface area (Å²) in [6.45, 7) is 7.63. The molecule has 1 aromatic carbocycles. The van der Waals surface area contributed by atoms with Gasteiger partial charge in [0.2, 0.25) is 11.8 Å². The number of carbonyl (C=O) groups is 3. The molecule has 3 amide bonds. The predicted octanol–water partition coefficient (Wildman–Crippen LogP) is 3.56. The van der Waals surface area contributed by atoms with Gasteiger partial charge in [0, 0.05) is 31.4 Å². The average Bonchev–Trinajstić information content (AvgIpc) is 3.29. The second-order valence-corrected chi connectivity index (χ2v) is 16.3. The Morgan fingerprint density at radius 2 is 1.70 bits per heavy atom. The molecule has 2 aliphatic heterocycles. The van der Waals surface area contributed by atoms with Crippen LogP contribution in [-0.2, 0) is 30.7 Å². The molecule has 1 saturated carbocycles. The SMILES string of the molecule is CC(C)(C)OC(=O)N1CS(=O)(=O)CC1C(=O)NC(CSCC1CCCCC1)C(=O)NC1CCN(Cc2ccccc2)CC1. The van der Waals surface area contributed by atoms with Crippen LogP contribution in [0.25, 0.3) is 0 Å². The van der Waals surface area contributed by atoms with E-state index >= 15 is 0 Å². The highest BCUT2D eigenvalue weighted by Gasteiger charge is 2.45. The third kappa shape index (κ3) is 10.7. The van der Waals surface area contributed by atoms with Crippen molar-refractivity contribution in [2.75, 3.05) is 36.2 Å². The third-order valence-electron chi connectivity index (χ3n) is 8.23. The first-order valence-corrected chi connectivity index (χ1v) is 18.5. The van der Waals surface area contributed by atoms with Crippen LogP contribution < -0.4 is 10.6 Å². The lowest BCUT2D eigenvalue weighted by molar-refractivity contribution is -0.131. The molecular weight excluding hydrogens is 588 g/mol. The van der Waals surface area contributed by atoms with E-state index in [4.69, 9.17) is 4.74 Å². The second kappa shape index (κ2) is 15.1. The summed E-state index contributed by atoms with van der Waals surface area (Å²) >= 11 is 1.65. The van der Waals surface area contributed by atoms with Crippen molar-refractivity contribution < 1.29 is 27.5 Å². The van der Waals surface area contributed by atoms with Crippen LogP contribution in [0, 0.1) is 5.92 Å². The summed E-state index contributed by atoms with van der Waals surface area (Å²) in [6.07, 6.45) is 6.85. The van der Waals surface area contributed by atoms with E-state index in [2.05, 4.69) is 27.7 Å². The first-order valence-electron chi connectivity index (χ1n) is 15.5. The summed E-state index contributed by atoms with van der Waals surface area (Å²) in [4.78, 5) is 43.2. The Hall–Kier alpha value is -2.31. The van der Waals surface area contributed by atoms with Gasteiger partial charge in [-0.2, -0.15) is 11.8 Å². The summed E-state index contributed by atoms with van der Waals surface area (Å²) in [7, 11) is -3.67. The minimum atomic E-state index is -3.67. The van der Waals surface area contributed by atoms with Crippen LogP contribution in [0.15, 0.2) is 30.3 Å². The number of rotatable bonds is 10. The fourth-order valence-corrected chi connectivity index (χ4v) is 8.84. The van der Waals surface area contributed by atoms with Gasteiger partial charge in [-0.25, -0.2) is 13.2 Å². The molecule has 2 N–H and O–H groups in total. The molecule has 3 aliphatic rings. The number of amides is 3. The van der Waals surface area contributed by atoms with Crippen molar-refractivity contribution in [3.63, 3.8) is 0 Å². The van der Waals surface area contributed by atoms with Crippen LogP contribution >= 0.6 is 11.8 Å². The summed E-state index contributed by atoms with van der Waals surface area (Å²) < 4.78 is 30.3. The minimum Gasteiger partial charge on any atom is -0.444 e. The minimum absolute atomic E-state index is 0.00705. The van der Waals surface area contributed by atoms with Gasteiger partial charge in [-0.05, 0) is 63.7 Å². The van der Waals surface area contributed by atoms with Crippen molar-refractivity contribution in [3.8, 4) is 0 Å². The zero-order valence-corrected chi connectivity index (χ0v) is 27.4. The first-order chi connectivity index (χ1) is 20.4. The molecule has 0 radical (unpaired) electrons. The van der Waals surface area contributed by atoms with Gasteiger partial charge in [-0.15, -0.1) is 0 Å². The molecule has 0 spiro atoms. The van der Waals surface area contributed by atoms with E-state index in [9.17, 15) is 22.8 Å². The monoisotopic (exact) mass is 636 g/mol. The summed E-state index contributed by atoms with van der Waals surface area (Å²) in [5, 5.41) is 5.97. The van der Waals surface area contributed by atoms with Gasteiger partial charge in [0.25, 0.3) is 0 Å². The number of hydrogen-bond donors (Lipinski definition) is 2. The maximum atomic E-state index is 13.6. The number of ether oxygens (including phenoxy) is 1. The topological polar surface area (TPSA) is 125 Å². The Kier molecular flexibility index (Phi) is 11.8. The van der Waals surface area contributed by atoms with E-state index < -0.39 is 51.2 Å². The number of carbonyl (C=O) groups excluding carboxylic acids is 3. The molecule has 0 aromatic heterocycles. The van der Waals surface area contributed by atoms with Crippen molar-refractivity contribution in [1.82, 2.24) is 20.4 Å². The highest BCUT2D eigenvalue weighted by molar-refractivity contribution is 7.99. The Labute approximate surface area is 261 Å². The van der Waals surface area contributed by atoms with E-state index in [1.54, 1.807) is 32.5 Å². The molecule has 2 saturated heterocycles. The lowest BCUT2D eigenvalue weighted by Gasteiger charge is -2.33. The molecular formula is C31H48N4O6S2. The smallest absolute Gasteiger partial charge is 0.411 e. The number of nitrogens with zero attached hydrogens (tertiary/aromatic N) is 2. The van der Waals surface area contributed by atoms with Gasteiger partial charge in [0.05, 0.1) is 5.75 Å². The van der Waals surface area contributed by atoms with Gasteiger partial charge < -0.3 is 15.4 Å². The molecule has 2 heterocycles. The third-order valence-corrected chi connectivity index (χ3v) is 11.0. The fraction of sp³-hybridized carbons (Fsp3) is 0.710. The number of benzene rings is 1. The van der Waals surface area contributed by atoms with Crippen molar-refractivity contribution in [1.29, 1.82) is 0 Å². The lowest BCUT2D eigenvalue weighted by atomic mass is 9.91. The molecule has 2 atom stereocenters. The zero-order valence-electron chi connectivity index (χ0n) is 25.8. The highest BCUT2D eigenvalue weighted by Crippen LogP contribution is 2.27. The van der Waals surface area contributed by atoms with Crippen LogP contribution in [0.2, 0.25) is 0 Å². The average molecular weight is 637 g/mol. The molecule has 0 bridgehead atoms. The fourth-order valence-electron chi connectivity index (χ4n) is 5.94. The first kappa shape index (κ1) is 33.6. The number of hydrogen-bond acceptors (Lipinski definition) is 8. The Morgan fingerprint density at radius 3 is 2.35 bits per heavy atom. The highest BCUT2D eigenvalue weighted by atomic mass is 32.2. The van der Waals surface area contributed by atoms with Gasteiger partial charge in [0.1, 0.15) is 23.6 Å². The van der Waals surface area contributed by atoms with Gasteiger partial charge >= 0.3 is 6.09 Å². The molecule has 12 heteroatoms. The maximum Gasteiger partial charge on any atom is 0.411 e. The number of sulfone groups is 1. The van der Waals surface area contributed by atoms with E-state index in [0.717, 1.165) is 43.1 Å². The molecule has 4 rings (SSSR count). The van der Waals surface area contributed by atoms with Crippen LogP contribution in [0.5, 0.6) is 0 Å². The molecule has 2 unspecified atom stereocenters. The quantitative estimate of drug-likeness (QED) is 0.400. The van der Waals surface area contributed by atoms with Gasteiger partial charge in [-0.1, -0.05) is 49.6 Å². The van der Waals surface area contributed by atoms with Crippen LogP contribution in [0.4, 0.5) is 4.79 Å². The normalized spacial score (nSPS) is 22.6. The van der Waals surface area contributed by atoms with Crippen molar-refractivity contribution in [3.05, 3.63) is 35.9 Å². The standard InChI is InChI=1S/C31H48N4O6S2/c1-31(2,3)41-30(38)35-22-43(39,40)21-27(35)29(37)33-26(20-42-19-24-12-8-5-9-13-24)28(36)32-25-14-16-34(17-15-25)18-23-10-6-4-7-11-23/h4,6-7,10-11,24-27H,5,8-9,12-22H2,1-3H3,(H,32,36)(H,33,37). The number of likely N-dealkylation sites (tertiary alicyclic amines) is 1. The van der Waals surface area contributed by atoms with E-state index in [-0.39, 0.29) is 11.9 Å². The molecule has 3 fully saturated rings. The van der Waals surface area contributed by atoms with Crippen LogP contribution in [0.1, 0.15) is 71.3 Å². The summed E-state index contributed by atoms with van der Waals surface area (Å²) in [6, 6.07) is 8.22. The van der Waals surface area contributed by atoms with E-state index in [1.807, 2.05) is 18.2 Å². The van der Waals surface area contributed by atoms with Gasteiger partial charge in [0.15, 0.2) is 9.84 Å². The Balaban J connectivity index is 1.37. The number of piperidine rings is 1. The number of nitrogens with one attached hydrogen (secondary N) is 2. The van der Waals surface area contributed by atoms with Crippen molar-refractivity contribution in [2.45, 2.75) is 96.0 Å². The lowest BCUT2D eigenvalue weighted by Crippen LogP contribution is -2.57. The molecule has 1 aromatic rings. The van der Waals surface area contributed by atoms with Crippen molar-refractivity contribution in [2.24, 2.45) is 5.92 Å². The summed E-state index contributed by atoms with van der Waals surface area (Å²) in [5.74, 6) is -0.101. The van der Waals surface area contributed by atoms with E-state index in [0.29, 0.717) is 11.7 Å². The molecule has 1 aliphatic carbocycles. The van der Waals surface area contributed by atoms with Crippen molar-refractivity contribution >= 4 is 39.5 Å². The molecule has 10 nitrogen and oxygen atoms in total. The summed E-state index contributed by atoms with van der Waals surface area (Å²) in [5.41, 5.74) is 0.413. The van der Waals surface area contributed by atoms with Crippen LogP contribution in [0.3, 0.4) is 0 Å². The van der Waals surface area contributed by atoms with E-state index in [1.165, 1.54) is 37.7 Å². The Morgan fingerprint density at radius 1 is 1.02 bits per heavy atom. The molecule has 240 valence electrons. The van der Waals surface area contributed by atoms with Gasteiger partial charge in [-0.3, -0.25) is 19.4 Å². The largest absolute Gasteiger partial charge is 0.444 e. The Bertz CT molecular complexity index is 1190. The number of thioether (sulfide) groups is 1.